The van der Waals surface area contributed by atoms with Crippen LogP contribution >= 0.6 is 0 Å². The molecule has 0 aromatic heterocycles. The van der Waals surface area contributed by atoms with Crippen molar-refractivity contribution in [2.75, 3.05) is 6.61 Å². The van der Waals surface area contributed by atoms with Crippen LogP contribution in [0.3, 0.4) is 0 Å². The van der Waals surface area contributed by atoms with Crippen LogP contribution in [-0.2, 0) is 14.8 Å². The van der Waals surface area contributed by atoms with E-state index < -0.39 is 10.0 Å². The molecule has 1 fully saturated rings. The minimum atomic E-state index is -3.84. The van der Waals surface area contributed by atoms with Crippen LogP contribution in [0.15, 0.2) is 17.0 Å². The van der Waals surface area contributed by atoms with Crippen LogP contribution in [0.1, 0.15) is 34.8 Å². The molecule has 0 saturated carbocycles. The molecule has 21 heavy (non-hydrogen) atoms. The molecule has 0 radical (unpaired) electrons. The molecule has 1 amide bonds. The summed E-state index contributed by atoms with van der Waals surface area (Å²) in [7, 11) is -3.84. The molecule has 1 aromatic rings. The molecule has 0 spiro atoms. The first-order valence-corrected chi connectivity index (χ1v) is 8.31. The number of nitrogens with two attached hydrogens (primary N) is 1. The molecule has 1 heterocycles. The molecule has 2 atom stereocenters. The number of nitrogens with one attached hydrogen (secondary N) is 1. The van der Waals surface area contributed by atoms with Crippen LogP contribution in [0, 0.1) is 13.8 Å². The van der Waals surface area contributed by atoms with Gasteiger partial charge < -0.3 is 10.1 Å². The maximum absolute atomic E-state index is 12.4. The van der Waals surface area contributed by atoms with E-state index in [4.69, 9.17) is 9.88 Å². The maximum atomic E-state index is 12.4. The Labute approximate surface area is 124 Å². The fraction of sp³-hybridized carbons (Fsp3) is 0.500. The number of hydrogen-bond donors (Lipinski definition) is 2. The lowest BCUT2D eigenvalue weighted by Crippen LogP contribution is -2.39. The SMILES string of the molecule is Cc1cc(S(N)(=O)=O)cc(C(=O)NC2CCOC2C)c1C. The van der Waals surface area contributed by atoms with Crippen molar-refractivity contribution in [3.63, 3.8) is 0 Å². The summed E-state index contributed by atoms with van der Waals surface area (Å²) in [4.78, 5) is 12.3. The molecule has 116 valence electrons. The molecule has 3 N–H and O–H groups in total. The Kier molecular flexibility index (Phi) is 4.36. The second-order valence-corrected chi connectivity index (χ2v) is 6.96. The summed E-state index contributed by atoms with van der Waals surface area (Å²) in [6, 6.07) is 2.74. The van der Waals surface area contributed by atoms with Crippen LogP contribution in [0.4, 0.5) is 0 Å². The molecule has 1 saturated heterocycles. The van der Waals surface area contributed by atoms with E-state index in [0.29, 0.717) is 17.7 Å². The van der Waals surface area contributed by atoms with Gasteiger partial charge in [0.25, 0.3) is 5.91 Å². The number of benzene rings is 1. The van der Waals surface area contributed by atoms with Crippen LogP contribution in [-0.4, -0.2) is 33.1 Å². The monoisotopic (exact) mass is 312 g/mol. The predicted molar refractivity (Wildman–Crippen MR) is 78.6 cm³/mol. The topological polar surface area (TPSA) is 98.5 Å². The van der Waals surface area contributed by atoms with Gasteiger partial charge in [-0.3, -0.25) is 4.79 Å². The molecule has 0 bridgehead atoms. The lowest BCUT2D eigenvalue weighted by molar-refractivity contribution is 0.0865. The summed E-state index contributed by atoms with van der Waals surface area (Å²) < 4.78 is 28.4. The third-order valence-electron chi connectivity index (χ3n) is 3.91. The van der Waals surface area contributed by atoms with Gasteiger partial charge in [0.05, 0.1) is 17.0 Å². The van der Waals surface area contributed by atoms with Crippen molar-refractivity contribution in [1.82, 2.24) is 5.32 Å². The van der Waals surface area contributed by atoms with E-state index in [1.807, 2.05) is 6.92 Å². The Morgan fingerprint density at radius 1 is 1.38 bits per heavy atom. The molecule has 1 aromatic carbocycles. The van der Waals surface area contributed by atoms with Crippen LogP contribution in [0.25, 0.3) is 0 Å². The van der Waals surface area contributed by atoms with Crippen LogP contribution in [0.5, 0.6) is 0 Å². The minimum Gasteiger partial charge on any atom is -0.376 e. The number of ether oxygens (including phenoxy) is 1. The number of primary sulfonamides is 1. The van der Waals surface area contributed by atoms with Crippen molar-refractivity contribution in [1.29, 1.82) is 0 Å². The lowest BCUT2D eigenvalue weighted by atomic mass is 10.0. The first kappa shape index (κ1) is 15.9. The Bertz CT molecular complexity index is 670. The third-order valence-corrected chi connectivity index (χ3v) is 4.80. The van der Waals surface area contributed by atoms with Crippen molar-refractivity contribution in [3.8, 4) is 0 Å². The van der Waals surface area contributed by atoms with Crippen molar-refractivity contribution in [2.45, 2.75) is 44.2 Å². The molecule has 0 aliphatic carbocycles. The highest BCUT2D eigenvalue weighted by Crippen LogP contribution is 2.20. The van der Waals surface area contributed by atoms with Crippen molar-refractivity contribution >= 4 is 15.9 Å². The highest BCUT2D eigenvalue weighted by atomic mass is 32.2. The molecule has 1 aliphatic heterocycles. The summed E-state index contributed by atoms with van der Waals surface area (Å²) in [5.41, 5.74) is 1.78. The predicted octanol–water partition coefficient (Wildman–Crippen LogP) is 0.858. The fourth-order valence-electron chi connectivity index (χ4n) is 2.39. The van der Waals surface area contributed by atoms with E-state index in [0.717, 1.165) is 12.0 Å². The van der Waals surface area contributed by atoms with Gasteiger partial charge >= 0.3 is 0 Å². The zero-order valence-corrected chi connectivity index (χ0v) is 13.2. The van der Waals surface area contributed by atoms with E-state index in [1.165, 1.54) is 12.1 Å². The highest BCUT2D eigenvalue weighted by Gasteiger charge is 2.27. The average Bonchev–Trinajstić information content (AvgIpc) is 2.76. The zero-order valence-electron chi connectivity index (χ0n) is 12.3. The minimum absolute atomic E-state index is 0.0447. The normalized spacial score (nSPS) is 22.3. The number of hydrogen-bond acceptors (Lipinski definition) is 4. The Morgan fingerprint density at radius 2 is 2.05 bits per heavy atom. The van der Waals surface area contributed by atoms with E-state index in [-0.39, 0.29) is 22.9 Å². The number of rotatable bonds is 3. The zero-order chi connectivity index (χ0) is 15.8. The van der Waals surface area contributed by atoms with Crippen molar-refractivity contribution < 1.29 is 17.9 Å². The van der Waals surface area contributed by atoms with Crippen LogP contribution in [0.2, 0.25) is 0 Å². The quantitative estimate of drug-likeness (QED) is 0.864. The smallest absolute Gasteiger partial charge is 0.251 e. The number of carbonyl (C=O) groups excluding carboxylic acids is 1. The van der Waals surface area contributed by atoms with E-state index in [9.17, 15) is 13.2 Å². The van der Waals surface area contributed by atoms with Gasteiger partial charge in [-0.1, -0.05) is 0 Å². The second kappa shape index (κ2) is 5.75. The summed E-state index contributed by atoms with van der Waals surface area (Å²) in [6.45, 7) is 6.05. The standard InChI is InChI=1S/C14H20N2O4S/c1-8-6-11(21(15,18)19)7-12(9(8)2)14(17)16-13-4-5-20-10(13)3/h6-7,10,13H,4-5H2,1-3H3,(H,16,17)(H2,15,18,19). The first-order chi connectivity index (χ1) is 9.70. The van der Waals surface area contributed by atoms with Gasteiger partial charge in [0.1, 0.15) is 0 Å². The van der Waals surface area contributed by atoms with Gasteiger partial charge in [-0.25, -0.2) is 13.6 Å². The summed E-state index contributed by atoms with van der Waals surface area (Å²) in [5.74, 6) is -0.302. The molecular weight excluding hydrogens is 292 g/mol. The van der Waals surface area contributed by atoms with E-state index in [2.05, 4.69) is 5.32 Å². The van der Waals surface area contributed by atoms with Crippen molar-refractivity contribution in [3.05, 3.63) is 28.8 Å². The third kappa shape index (κ3) is 3.42. The number of carbonyl (C=O) groups is 1. The Balaban J connectivity index is 2.34. The van der Waals surface area contributed by atoms with Crippen LogP contribution < -0.4 is 10.5 Å². The molecule has 2 unspecified atom stereocenters. The number of amides is 1. The second-order valence-electron chi connectivity index (χ2n) is 5.40. The summed E-state index contributed by atoms with van der Waals surface area (Å²) in [6.07, 6.45) is 0.705. The summed E-state index contributed by atoms with van der Waals surface area (Å²) in [5, 5.41) is 8.04. The fourth-order valence-corrected chi connectivity index (χ4v) is 3.02. The molecule has 1 aliphatic rings. The van der Waals surface area contributed by atoms with Crippen molar-refractivity contribution in [2.24, 2.45) is 5.14 Å². The number of sulfonamides is 1. The van der Waals surface area contributed by atoms with Gasteiger partial charge in [0.2, 0.25) is 10.0 Å². The Morgan fingerprint density at radius 3 is 2.57 bits per heavy atom. The molecular formula is C14H20N2O4S. The van der Waals surface area contributed by atoms with Gasteiger partial charge in [-0.2, -0.15) is 0 Å². The van der Waals surface area contributed by atoms with Gasteiger partial charge in [0.15, 0.2) is 0 Å². The lowest BCUT2D eigenvalue weighted by Gasteiger charge is -2.18. The first-order valence-electron chi connectivity index (χ1n) is 6.76. The molecule has 6 nitrogen and oxygen atoms in total. The maximum Gasteiger partial charge on any atom is 0.251 e. The largest absolute Gasteiger partial charge is 0.376 e. The number of aryl methyl sites for hydroxylation is 1. The molecule has 2 rings (SSSR count). The van der Waals surface area contributed by atoms with E-state index >= 15 is 0 Å². The van der Waals surface area contributed by atoms with Gasteiger partial charge in [0, 0.05) is 12.2 Å². The molecule has 7 heteroatoms. The van der Waals surface area contributed by atoms with E-state index in [1.54, 1.807) is 13.8 Å². The highest BCUT2D eigenvalue weighted by molar-refractivity contribution is 7.89. The van der Waals surface area contributed by atoms with Gasteiger partial charge in [-0.05, 0) is 50.5 Å². The average molecular weight is 312 g/mol. The van der Waals surface area contributed by atoms with Gasteiger partial charge in [-0.15, -0.1) is 0 Å². The summed E-state index contributed by atoms with van der Waals surface area (Å²) >= 11 is 0. The Hall–Kier alpha value is -1.44.